The van der Waals surface area contributed by atoms with E-state index in [1.54, 1.807) is 13.1 Å². The highest BCUT2D eigenvalue weighted by Crippen LogP contribution is 2.58. The first-order valence-corrected chi connectivity index (χ1v) is 16.3. The van der Waals surface area contributed by atoms with Crippen molar-refractivity contribution in [2.45, 2.75) is 32.2 Å². The number of hydrogen-bond acceptors (Lipinski definition) is 10. The summed E-state index contributed by atoms with van der Waals surface area (Å²) in [5.41, 5.74) is 2.63. The molecular weight excluding hydrogens is 630 g/mol. The Morgan fingerprint density at radius 2 is 1.78 bits per heavy atom. The molecule has 4 heterocycles. The number of amides is 1. The summed E-state index contributed by atoms with van der Waals surface area (Å²) in [6.07, 6.45) is 1.09. The number of aromatic nitrogens is 5. The topological polar surface area (TPSA) is 152 Å². The van der Waals surface area contributed by atoms with Gasteiger partial charge in [0.1, 0.15) is 5.15 Å². The van der Waals surface area contributed by atoms with Gasteiger partial charge in [-0.05, 0) is 60.9 Å². The van der Waals surface area contributed by atoms with Crippen LogP contribution < -0.4 is 20.5 Å². The Labute approximate surface area is 261 Å². The Morgan fingerprint density at radius 3 is 2.40 bits per heavy atom. The predicted molar refractivity (Wildman–Crippen MR) is 164 cm³/mol. The molecule has 4 aromatic rings. The van der Waals surface area contributed by atoms with E-state index in [1.165, 1.54) is 29.1 Å². The van der Waals surface area contributed by atoms with Crippen LogP contribution in [0.5, 0.6) is 0 Å². The highest BCUT2D eigenvalue weighted by Gasteiger charge is 2.57. The number of fused-ring (bicyclic) bond motifs is 2. The van der Waals surface area contributed by atoms with E-state index in [9.17, 15) is 26.8 Å². The van der Waals surface area contributed by atoms with Crippen molar-refractivity contribution >= 4 is 50.1 Å². The summed E-state index contributed by atoms with van der Waals surface area (Å²) >= 11 is 6.02. The van der Waals surface area contributed by atoms with Gasteiger partial charge in [0.15, 0.2) is 11.5 Å². The van der Waals surface area contributed by atoms with Gasteiger partial charge in [-0.1, -0.05) is 17.7 Å². The van der Waals surface area contributed by atoms with Crippen molar-refractivity contribution in [2.75, 3.05) is 29.6 Å². The standard InChI is InChI=1S/C29H29ClF2N8O4S/c1-13-7-16(14(2)35-20-5-6-21(30)36-24(20)27(41)38-45(4,43)44)23-17(8-13)28(42)39(3)29(37-23)40-11-18-19(12-40)22(18)15-9-33-26(25(31)32)34-10-15/h5-10,14,18-19,22,25,35H,11-12H2,1-4H3,(H,38,41)/t14-,18-,19+,22?/m1/s1. The molecule has 1 unspecified atom stereocenters. The molecule has 0 bridgehead atoms. The molecule has 4 atom stereocenters. The third-order valence-electron chi connectivity index (χ3n) is 8.27. The van der Waals surface area contributed by atoms with E-state index in [0.29, 0.717) is 35.5 Å². The van der Waals surface area contributed by atoms with Crippen molar-refractivity contribution in [1.82, 2.24) is 29.2 Å². The first-order valence-electron chi connectivity index (χ1n) is 14.0. The predicted octanol–water partition coefficient (Wildman–Crippen LogP) is 3.73. The van der Waals surface area contributed by atoms with Crippen LogP contribution in [0.25, 0.3) is 10.9 Å². The lowest BCUT2D eigenvalue weighted by molar-refractivity contribution is 0.0977. The zero-order valence-corrected chi connectivity index (χ0v) is 26.2. The van der Waals surface area contributed by atoms with Crippen LogP contribution in [0.1, 0.15) is 58.3 Å². The first-order chi connectivity index (χ1) is 21.2. The Bertz CT molecular complexity index is 2000. The molecule has 1 aromatic carbocycles. The maximum atomic E-state index is 13.6. The van der Waals surface area contributed by atoms with Crippen LogP contribution in [0.3, 0.4) is 0 Å². The molecule has 0 radical (unpaired) electrons. The molecule has 2 aliphatic rings. The maximum Gasteiger partial charge on any atom is 0.297 e. The van der Waals surface area contributed by atoms with Gasteiger partial charge in [0.05, 0.1) is 28.9 Å². The highest BCUT2D eigenvalue weighted by molar-refractivity contribution is 7.89. The second kappa shape index (κ2) is 11.3. The number of sulfonamides is 1. The zero-order chi connectivity index (χ0) is 32.4. The SMILES string of the molecule is Cc1cc([C@@H](C)Nc2ccc(Cl)nc2C(=O)NS(C)(=O)=O)c2nc(N3C[C@@H]4C(c5cnc(C(F)F)nc5)[C@@H]4C3)n(C)c(=O)c2c1. The number of hydrogen-bond donors (Lipinski definition) is 2. The number of carbonyl (C=O) groups excluding carboxylic acids is 1. The van der Waals surface area contributed by atoms with Crippen LogP contribution >= 0.6 is 11.6 Å². The molecule has 12 nitrogen and oxygen atoms in total. The molecule has 1 aliphatic heterocycles. The molecule has 0 spiro atoms. The van der Waals surface area contributed by atoms with E-state index in [1.807, 2.05) is 24.6 Å². The zero-order valence-electron chi connectivity index (χ0n) is 24.6. The number of carbonyl (C=O) groups is 1. The Hall–Kier alpha value is -4.24. The second-order valence-corrected chi connectivity index (χ2v) is 13.7. The van der Waals surface area contributed by atoms with Crippen molar-refractivity contribution in [3.05, 3.63) is 80.4 Å². The van der Waals surface area contributed by atoms with Crippen LogP contribution in [0.4, 0.5) is 20.4 Å². The number of pyridine rings is 1. The molecule has 6 rings (SSSR count). The number of nitrogens with zero attached hydrogens (tertiary/aromatic N) is 6. The molecule has 1 amide bonds. The number of piperidine rings is 1. The van der Waals surface area contributed by atoms with Crippen LogP contribution in [0, 0.1) is 18.8 Å². The van der Waals surface area contributed by atoms with Crippen molar-refractivity contribution in [3.8, 4) is 0 Å². The minimum Gasteiger partial charge on any atom is -0.377 e. The van der Waals surface area contributed by atoms with Crippen LogP contribution in [0.2, 0.25) is 5.15 Å². The second-order valence-electron chi connectivity index (χ2n) is 11.6. The van der Waals surface area contributed by atoms with Gasteiger partial charge in [-0.2, -0.15) is 0 Å². The van der Waals surface area contributed by atoms with Gasteiger partial charge in [-0.15, -0.1) is 0 Å². The van der Waals surface area contributed by atoms with Gasteiger partial charge in [-0.3, -0.25) is 14.2 Å². The van der Waals surface area contributed by atoms with Gasteiger partial charge in [0.25, 0.3) is 17.9 Å². The van der Waals surface area contributed by atoms with Crippen LogP contribution in [-0.2, 0) is 17.1 Å². The van der Waals surface area contributed by atoms with E-state index in [0.717, 1.165) is 17.4 Å². The van der Waals surface area contributed by atoms with Gasteiger partial charge < -0.3 is 10.2 Å². The number of alkyl halides is 2. The van der Waals surface area contributed by atoms with Crippen LogP contribution in [-0.4, -0.2) is 58.2 Å². The normalized spacial score (nSPS) is 19.9. The fourth-order valence-corrected chi connectivity index (χ4v) is 6.80. The molecule has 1 saturated carbocycles. The Morgan fingerprint density at radius 1 is 1.11 bits per heavy atom. The number of nitrogens with one attached hydrogen (secondary N) is 2. The fraction of sp³-hybridized carbons (Fsp3) is 0.379. The number of rotatable bonds is 8. The molecule has 2 fully saturated rings. The van der Waals surface area contributed by atoms with Gasteiger partial charge in [0.2, 0.25) is 16.0 Å². The number of halogens is 3. The number of benzene rings is 1. The number of aryl methyl sites for hydroxylation is 1. The quantitative estimate of drug-likeness (QED) is 0.268. The lowest BCUT2D eigenvalue weighted by atomic mass is 10.0. The van der Waals surface area contributed by atoms with E-state index < -0.39 is 34.2 Å². The summed E-state index contributed by atoms with van der Waals surface area (Å²) < 4.78 is 52.6. The monoisotopic (exact) mass is 658 g/mol. The summed E-state index contributed by atoms with van der Waals surface area (Å²) in [5, 5.41) is 3.64. The molecule has 1 saturated heterocycles. The molecule has 3 aromatic heterocycles. The van der Waals surface area contributed by atoms with Gasteiger partial charge >= 0.3 is 0 Å². The van der Waals surface area contributed by atoms with Crippen molar-refractivity contribution in [2.24, 2.45) is 18.9 Å². The van der Waals surface area contributed by atoms with Gasteiger partial charge in [-0.25, -0.2) is 41.9 Å². The average molecular weight is 659 g/mol. The minimum atomic E-state index is -3.86. The molecule has 236 valence electrons. The van der Waals surface area contributed by atoms with E-state index in [-0.39, 0.29) is 39.8 Å². The Balaban J connectivity index is 1.30. The summed E-state index contributed by atoms with van der Waals surface area (Å²) in [7, 11) is -2.18. The number of anilines is 2. The van der Waals surface area contributed by atoms with E-state index in [4.69, 9.17) is 16.6 Å². The highest BCUT2D eigenvalue weighted by atomic mass is 35.5. The summed E-state index contributed by atoms with van der Waals surface area (Å²) in [4.78, 5) is 45.0. The summed E-state index contributed by atoms with van der Waals surface area (Å²) in [6.45, 7) is 4.95. The summed E-state index contributed by atoms with van der Waals surface area (Å²) in [5.74, 6) is -0.259. The Kier molecular flexibility index (Phi) is 7.72. The average Bonchev–Trinajstić information content (AvgIpc) is 3.47. The van der Waals surface area contributed by atoms with Gasteiger partial charge in [0, 0.05) is 38.1 Å². The van der Waals surface area contributed by atoms with Crippen LogP contribution in [0.15, 0.2) is 41.5 Å². The summed E-state index contributed by atoms with van der Waals surface area (Å²) in [6, 6.07) is 6.17. The minimum absolute atomic E-state index is 0.00580. The van der Waals surface area contributed by atoms with Crippen molar-refractivity contribution in [1.29, 1.82) is 0 Å². The molecule has 2 N–H and O–H groups in total. The molecule has 16 heteroatoms. The van der Waals surface area contributed by atoms with E-state index in [2.05, 4.69) is 25.2 Å². The lowest BCUT2D eigenvalue weighted by Crippen LogP contribution is -2.32. The largest absolute Gasteiger partial charge is 0.377 e. The third-order valence-corrected chi connectivity index (χ3v) is 9.04. The van der Waals surface area contributed by atoms with Crippen molar-refractivity contribution in [3.63, 3.8) is 0 Å². The molecule has 1 aliphatic carbocycles. The maximum absolute atomic E-state index is 13.6. The van der Waals surface area contributed by atoms with Crippen molar-refractivity contribution < 1.29 is 22.0 Å². The fourth-order valence-electron chi connectivity index (χ4n) is 6.22. The molecular formula is C29H29ClF2N8O4S. The lowest BCUT2D eigenvalue weighted by Gasteiger charge is -2.25. The molecule has 45 heavy (non-hydrogen) atoms. The third kappa shape index (κ3) is 5.93. The smallest absolute Gasteiger partial charge is 0.297 e. The first kappa shape index (κ1) is 30.8. The van der Waals surface area contributed by atoms with E-state index >= 15 is 0 Å².